The van der Waals surface area contributed by atoms with Crippen LogP contribution in [0.4, 0.5) is 0 Å². The van der Waals surface area contributed by atoms with Crippen molar-refractivity contribution in [2.75, 3.05) is 5.33 Å². The molecule has 0 rings (SSSR count). The molecule has 0 aromatic rings. The fourth-order valence-electron chi connectivity index (χ4n) is 2.19. The van der Waals surface area contributed by atoms with Crippen molar-refractivity contribution in [3.8, 4) is 0 Å². The number of allylic oxidation sites excluding steroid dienone is 6. The van der Waals surface area contributed by atoms with E-state index in [1.165, 1.54) is 44.1 Å². The van der Waals surface area contributed by atoms with Gasteiger partial charge in [-0.2, -0.15) is 0 Å². The van der Waals surface area contributed by atoms with Gasteiger partial charge in [-0.05, 0) is 44.9 Å². The summed E-state index contributed by atoms with van der Waals surface area (Å²) >= 11 is 3.43. The van der Waals surface area contributed by atoms with Crippen LogP contribution in [-0.4, -0.2) is 5.33 Å². The van der Waals surface area contributed by atoms with Crippen molar-refractivity contribution < 1.29 is 0 Å². The number of alkyl halides is 1. The Labute approximate surface area is 129 Å². The van der Waals surface area contributed by atoms with Gasteiger partial charge in [0.05, 0.1) is 0 Å². The number of hydrogen-bond donors (Lipinski definition) is 0. The van der Waals surface area contributed by atoms with Crippen molar-refractivity contribution in [3.63, 3.8) is 0 Å². The fraction of sp³-hybridized carbons (Fsp3) is 0.667. The van der Waals surface area contributed by atoms with Crippen LogP contribution in [0.1, 0.15) is 66.2 Å². The molecule has 1 atom stereocenters. The first kappa shape index (κ1) is 18.7. The first-order valence-electron chi connectivity index (χ1n) is 7.74. The van der Waals surface area contributed by atoms with Gasteiger partial charge in [-0.15, -0.1) is 0 Å². The SMILES string of the molecule is CCC(=CCCC(CC)C/C=C/C(C)=C/CBr)CC. The molecular formula is C18H31Br. The lowest BCUT2D eigenvalue weighted by Gasteiger charge is -2.11. The maximum Gasteiger partial charge on any atom is 0.0217 e. The van der Waals surface area contributed by atoms with Crippen molar-refractivity contribution in [2.45, 2.75) is 66.2 Å². The first-order valence-corrected chi connectivity index (χ1v) is 8.87. The average molecular weight is 327 g/mol. The van der Waals surface area contributed by atoms with Crippen LogP contribution in [0.15, 0.2) is 35.5 Å². The summed E-state index contributed by atoms with van der Waals surface area (Å²) < 4.78 is 0. The maximum atomic E-state index is 3.43. The van der Waals surface area contributed by atoms with Crippen LogP contribution < -0.4 is 0 Å². The molecule has 0 fully saturated rings. The third-order valence-electron chi connectivity index (χ3n) is 3.74. The van der Waals surface area contributed by atoms with E-state index in [9.17, 15) is 0 Å². The fourth-order valence-corrected chi connectivity index (χ4v) is 2.70. The minimum atomic E-state index is 0.833. The summed E-state index contributed by atoms with van der Waals surface area (Å²) in [5.74, 6) is 0.833. The molecule has 1 unspecified atom stereocenters. The Hall–Kier alpha value is -0.300. The highest BCUT2D eigenvalue weighted by Crippen LogP contribution is 2.18. The minimum Gasteiger partial charge on any atom is -0.0883 e. The zero-order valence-corrected chi connectivity index (χ0v) is 14.8. The molecular weight excluding hydrogens is 296 g/mol. The average Bonchev–Trinajstić information content (AvgIpc) is 2.42. The second-order valence-corrected chi connectivity index (χ2v) is 5.81. The summed E-state index contributed by atoms with van der Waals surface area (Å²) in [4.78, 5) is 0. The summed E-state index contributed by atoms with van der Waals surface area (Å²) in [6.07, 6.45) is 16.8. The Morgan fingerprint density at radius 1 is 1.11 bits per heavy atom. The van der Waals surface area contributed by atoms with Gasteiger partial charge < -0.3 is 0 Å². The van der Waals surface area contributed by atoms with Crippen LogP contribution in [0.3, 0.4) is 0 Å². The number of hydrogen-bond acceptors (Lipinski definition) is 0. The quantitative estimate of drug-likeness (QED) is 0.234. The molecule has 0 saturated carbocycles. The van der Waals surface area contributed by atoms with E-state index >= 15 is 0 Å². The Kier molecular flexibility index (Phi) is 12.5. The highest BCUT2D eigenvalue weighted by molar-refractivity contribution is 9.09. The lowest BCUT2D eigenvalue weighted by molar-refractivity contribution is 0.480. The van der Waals surface area contributed by atoms with Gasteiger partial charge >= 0.3 is 0 Å². The molecule has 0 aliphatic heterocycles. The van der Waals surface area contributed by atoms with Crippen LogP contribution in [0.25, 0.3) is 0 Å². The van der Waals surface area contributed by atoms with Crippen molar-refractivity contribution in [1.82, 2.24) is 0 Å². The van der Waals surface area contributed by atoms with E-state index in [4.69, 9.17) is 0 Å². The van der Waals surface area contributed by atoms with Crippen LogP contribution in [0, 0.1) is 5.92 Å². The van der Waals surface area contributed by atoms with Gasteiger partial charge in [-0.1, -0.05) is 78.6 Å². The van der Waals surface area contributed by atoms with E-state index in [0.29, 0.717) is 0 Å². The molecule has 0 amide bonds. The van der Waals surface area contributed by atoms with Gasteiger partial charge in [0.25, 0.3) is 0 Å². The van der Waals surface area contributed by atoms with E-state index in [0.717, 1.165) is 11.2 Å². The summed E-state index contributed by atoms with van der Waals surface area (Å²) in [6.45, 7) is 8.99. The van der Waals surface area contributed by atoms with E-state index in [1.54, 1.807) is 5.57 Å². The maximum absolute atomic E-state index is 3.43. The van der Waals surface area contributed by atoms with Crippen LogP contribution in [-0.2, 0) is 0 Å². The molecule has 0 spiro atoms. The predicted molar refractivity (Wildman–Crippen MR) is 93.0 cm³/mol. The van der Waals surface area contributed by atoms with Crippen molar-refractivity contribution in [1.29, 1.82) is 0 Å². The number of halogens is 1. The molecule has 0 saturated heterocycles. The van der Waals surface area contributed by atoms with E-state index in [2.05, 4.69) is 67.9 Å². The molecule has 0 nitrogen and oxygen atoms in total. The molecule has 0 aliphatic rings. The van der Waals surface area contributed by atoms with Gasteiger partial charge in [-0.25, -0.2) is 0 Å². The van der Waals surface area contributed by atoms with Gasteiger partial charge in [-0.3, -0.25) is 0 Å². The molecule has 0 bridgehead atoms. The topological polar surface area (TPSA) is 0 Å². The number of rotatable bonds is 10. The highest BCUT2D eigenvalue weighted by atomic mass is 79.9. The molecule has 0 radical (unpaired) electrons. The van der Waals surface area contributed by atoms with Gasteiger partial charge in [0.2, 0.25) is 0 Å². The molecule has 0 aromatic carbocycles. The molecule has 0 aromatic heterocycles. The van der Waals surface area contributed by atoms with Crippen molar-refractivity contribution in [2.24, 2.45) is 5.92 Å². The zero-order valence-electron chi connectivity index (χ0n) is 13.2. The van der Waals surface area contributed by atoms with E-state index < -0.39 is 0 Å². The molecule has 1 heteroatoms. The van der Waals surface area contributed by atoms with E-state index in [1.807, 2.05) is 0 Å². The van der Waals surface area contributed by atoms with Gasteiger partial charge in [0, 0.05) is 5.33 Å². The monoisotopic (exact) mass is 326 g/mol. The lowest BCUT2D eigenvalue weighted by Crippen LogP contribution is -1.96. The van der Waals surface area contributed by atoms with Gasteiger partial charge in [0.1, 0.15) is 0 Å². The van der Waals surface area contributed by atoms with Crippen molar-refractivity contribution >= 4 is 15.9 Å². The molecule has 110 valence electrons. The summed E-state index contributed by atoms with van der Waals surface area (Å²) in [5, 5.41) is 0.946. The second kappa shape index (κ2) is 12.7. The van der Waals surface area contributed by atoms with Crippen LogP contribution in [0.5, 0.6) is 0 Å². The molecule has 0 aliphatic carbocycles. The third kappa shape index (κ3) is 10.2. The Morgan fingerprint density at radius 3 is 2.32 bits per heavy atom. The largest absolute Gasteiger partial charge is 0.0883 e. The third-order valence-corrected chi connectivity index (χ3v) is 4.07. The Morgan fingerprint density at radius 2 is 1.79 bits per heavy atom. The molecule has 0 N–H and O–H groups in total. The molecule has 0 heterocycles. The highest BCUT2D eigenvalue weighted by Gasteiger charge is 2.03. The standard InChI is InChI=1S/C18H31Br/c1-5-17(6-2)11-9-13-18(7-3)12-8-10-16(4)14-15-19/h8,10-11,14,18H,5-7,9,12-13,15H2,1-4H3/b10-8+,16-14+. The van der Waals surface area contributed by atoms with Gasteiger partial charge in [0.15, 0.2) is 0 Å². The first-order chi connectivity index (χ1) is 9.17. The summed E-state index contributed by atoms with van der Waals surface area (Å²) in [7, 11) is 0. The Bertz CT molecular complexity index is 291. The normalized spacial score (nSPS) is 13.8. The predicted octanol–water partition coefficient (Wildman–Crippen LogP) is 6.83. The van der Waals surface area contributed by atoms with Crippen molar-refractivity contribution in [3.05, 3.63) is 35.5 Å². The Balaban J connectivity index is 4.09. The molecule has 19 heavy (non-hydrogen) atoms. The minimum absolute atomic E-state index is 0.833. The van der Waals surface area contributed by atoms with E-state index in [-0.39, 0.29) is 0 Å². The summed E-state index contributed by atoms with van der Waals surface area (Å²) in [5.41, 5.74) is 2.97. The van der Waals surface area contributed by atoms with Crippen LogP contribution in [0.2, 0.25) is 0 Å². The second-order valence-electron chi connectivity index (χ2n) is 5.16. The lowest BCUT2D eigenvalue weighted by atomic mass is 9.95. The zero-order chi connectivity index (χ0) is 14.5. The smallest absolute Gasteiger partial charge is 0.0217 e. The van der Waals surface area contributed by atoms with Crippen LogP contribution >= 0.6 is 15.9 Å². The summed E-state index contributed by atoms with van der Waals surface area (Å²) in [6, 6.07) is 0.